The van der Waals surface area contributed by atoms with Gasteiger partial charge in [0.25, 0.3) is 0 Å². The van der Waals surface area contributed by atoms with Gasteiger partial charge in [-0.25, -0.2) is 0 Å². The molecule has 19 heavy (non-hydrogen) atoms. The van der Waals surface area contributed by atoms with E-state index in [2.05, 4.69) is 48.5 Å². The van der Waals surface area contributed by atoms with Crippen LogP contribution in [0.4, 0.5) is 5.69 Å². The summed E-state index contributed by atoms with van der Waals surface area (Å²) in [5, 5.41) is 3.08. The average molecular weight is 258 g/mol. The molecular weight excluding hydrogens is 236 g/mol. The second kappa shape index (κ2) is 4.55. The van der Waals surface area contributed by atoms with Crippen molar-refractivity contribution in [2.45, 2.75) is 31.6 Å². The molecular formula is C16H22N2O. The van der Waals surface area contributed by atoms with Crippen LogP contribution in [0.3, 0.4) is 0 Å². The van der Waals surface area contributed by atoms with E-state index >= 15 is 0 Å². The van der Waals surface area contributed by atoms with Gasteiger partial charge in [0.15, 0.2) is 0 Å². The van der Waals surface area contributed by atoms with Crippen molar-refractivity contribution >= 4 is 11.6 Å². The first-order valence-electron chi connectivity index (χ1n) is 7.18. The van der Waals surface area contributed by atoms with E-state index in [0.717, 1.165) is 32.4 Å². The van der Waals surface area contributed by atoms with Crippen LogP contribution in [0.1, 0.15) is 31.7 Å². The lowest BCUT2D eigenvalue weighted by Crippen LogP contribution is -2.34. The van der Waals surface area contributed by atoms with Crippen LogP contribution >= 0.6 is 0 Å². The highest BCUT2D eigenvalue weighted by atomic mass is 16.2. The minimum absolute atomic E-state index is 0.155. The standard InChI is InChI=1S/C16H22N2O/c1-16(9-10-17-15(19)12-7-8-12)11-18(2)14-6-4-3-5-13(14)16/h3-6,12H,7-11H2,1-2H3,(H,17,19). The molecule has 3 heteroatoms. The molecule has 3 nitrogen and oxygen atoms in total. The number of anilines is 1. The van der Waals surface area contributed by atoms with E-state index in [1.165, 1.54) is 11.3 Å². The minimum Gasteiger partial charge on any atom is -0.373 e. The molecule has 1 amide bonds. The zero-order chi connectivity index (χ0) is 13.5. The second-order valence-corrected chi connectivity index (χ2v) is 6.25. The largest absolute Gasteiger partial charge is 0.373 e. The molecule has 1 aromatic carbocycles. The summed E-state index contributed by atoms with van der Waals surface area (Å²) in [5.41, 5.74) is 2.90. The zero-order valence-electron chi connectivity index (χ0n) is 11.8. The summed E-state index contributed by atoms with van der Waals surface area (Å²) < 4.78 is 0. The number of nitrogens with zero attached hydrogens (tertiary/aromatic N) is 1. The molecule has 1 unspecified atom stereocenters. The molecule has 1 atom stereocenters. The lowest BCUT2D eigenvalue weighted by atomic mass is 9.81. The Morgan fingerprint density at radius 1 is 1.42 bits per heavy atom. The fourth-order valence-electron chi connectivity index (χ4n) is 3.18. The number of carbonyl (C=O) groups excluding carboxylic acids is 1. The molecule has 2 aliphatic rings. The fraction of sp³-hybridized carbons (Fsp3) is 0.562. The number of hydrogen-bond donors (Lipinski definition) is 1. The maximum Gasteiger partial charge on any atom is 0.223 e. The number of benzene rings is 1. The molecule has 3 rings (SSSR count). The molecule has 102 valence electrons. The van der Waals surface area contributed by atoms with Gasteiger partial charge in [0.05, 0.1) is 0 Å². The van der Waals surface area contributed by atoms with Gasteiger partial charge < -0.3 is 10.2 Å². The summed E-state index contributed by atoms with van der Waals surface area (Å²) in [7, 11) is 2.15. The van der Waals surface area contributed by atoms with Gasteiger partial charge in [-0.1, -0.05) is 25.1 Å². The SMILES string of the molecule is CN1CC(C)(CCNC(=O)C2CC2)c2ccccc21. The maximum absolute atomic E-state index is 11.7. The van der Waals surface area contributed by atoms with E-state index in [4.69, 9.17) is 0 Å². The van der Waals surface area contributed by atoms with Gasteiger partial charge in [-0.3, -0.25) is 4.79 Å². The Kier molecular flexibility index (Phi) is 3.00. The van der Waals surface area contributed by atoms with Gasteiger partial charge >= 0.3 is 0 Å². The Labute approximate surface area is 115 Å². The van der Waals surface area contributed by atoms with Crippen LogP contribution in [0.2, 0.25) is 0 Å². The van der Waals surface area contributed by atoms with Crippen LogP contribution in [0.15, 0.2) is 24.3 Å². The third-order valence-corrected chi connectivity index (χ3v) is 4.48. The summed E-state index contributed by atoms with van der Waals surface area (Å²) in [6.07, 6.45) is 3.16. The number of hydrogen-bond acceptors (Lipinski definition) is 2. The van der Waals surface area contributed by atoms with Gasteiger partial charge in [-0.05, 0) is 30.9 Å². The van der Waals surface area contributed by atoms with E-state index in [-0.39, 0.29) is 11.3 Å². The summed E-state index contributed by atoms with van der Waals surface area (Å²) in [4.78, 5) is 14.0. The minimum atomic E-state index is 0.155. The summed E-state index contributed by atoms with van der Waals surface area (Å²) in [6.45, 7) is 4.12. The number of amides is 1. The number of likely N-dealkylation sites (N-methyl/N-ethyl adjacent to an activating group) is 1. The maximum atomic E-state index is 11.7. The third-order valence-electron chi connectivity index (χ3n) is 4.48. The Balaban J connectivity index is 1.65. The third kappa shape index (κ3) is 2.34. The molecule has 0 bridgehead atoms. The van der Waals surface area contributed by atoms with E-state index in [1.54, 1.807) is 0 Å². The molecule has 0 saturated heterocycles. The molecule has 1 saturated carbocycles. The molecule has 0 spiro atoms. The predicted molar refractivity (Wildman–Crippen MR) is 77.4 cm³/mol. The Bertz CT molecular complexity index is 495. The molecule has 0 aromatic heterocycles. The highest BCUT2D eigenvalue weighted by Gasteiger charge is 2.37. The first kappa shape index (κ1) is 12.5. The van der Waals surface area contributed by atoms with Crippen molar-refractivity contribution in [1.82, 2.24) is 5.32 Å². The van der Waals surface area contributed by atoms with Crippen LogP contribution in [-0.2, 0) is 10.2 Å². The van der Waals surface area contributed by atoms with Gasteiger partial charge in [0.2, 0.25) is 5.91 Å². The van der Waals surface area contributed by atoms with Gasteiger partial charge in [0.1, 0.15) is 0 Å². The van der Waals surface area contributed by atoms with E-state index in [0.29, 0.717) is 5.92 Å². The number of rotatable bonds is 4. The van der Waals surface area contributed by atoms with Crippen molar-refractivity contribution in [1.29, 1.82) is 0 Å². The highest BCUT2D eigenvalue weighted by molar-refractivity contribution is 5.80. The monoisotopic (exact) mass is 258 g/mol. The molecule has 1 fully saturated rings. The normalized spacial score (nSPS) is 25.3. The topological polar surface area (TPSA) is 32.3 Å². The van der Waals surface area contributed by atoms with Crippen molar-refractivity contribution in [3.8, 4) is 0 Å². The molecule has 1 aliphatic carbocycles. The fourth-order valence-corrected chi connectivity index (χ4v) is 3.18. The van der Waals surface area contributed by atoms with E-state index in [9.17, 15) is 4.79 Å². The number of nitrogens with one attached hydrogen (secondary N) is 1. The number of para-hydroxylation sites is 1. The van der Waals surface area contributed by atoms with Crippen molar-refractivity contribution in [3.63, 3.8) is 0 Å². The van der Waals surface area contributed by atoms with Crippen LogP contribution in [0.5, 0.6) is 0 Å². The molecule has 0 radical (unpaired) electrons. The Morgan fingerprint density at radius 2 is 2.16 bits per heavy atom. The lowest BCUT2D eigenvalue weighted by Gasteiger charge is -2.25. The first-order chi connectivity index (χ1) is 9.10. The highest BCUT2D eigenvalue weighted by Crippen LogP contribution is 2.41. The summed E-state index contributed by atoms with van der Waals surface area (Å²) >= 11 is 0. The van der Waals surface area contributed by atoms with Crippen LogP contribution in [0, 0.1) is 5.92 Å². The molecule has 1 aliphatic heterocycles. The van der Waals surface area contributed by atoms with Gasteiger partial charge in [0, 0.05) is 37.2 Å². The van der Waals surface area contributed by atoms with E-state index < -0.39 is 0 Å². The zero-order valence-corrected chi connectivity index (χ0v) is 11.8. The van der Waals surface area contributed by atoms with Crippen molar-refractivity contribution in [2.24, 2.45) is 5.92 Å². The number of carbonyl (C=O) groups is 1. The van der Waals surface area contributed by atoms with Gasteiger partial charge in [-0.15, -0.1) is 0 Å². The Hall–Kier alpha value is -1.51. The van der Waals surface area contributed by atoms with Crippen molar-refractivity contribution in [2.75, 3.05) is 25.0 Å². The van der Waals surface area contributed by atoms with Crippen molar-refractivity contribution < 1.29 is 4.79 Å². The number of fused-ring (bicyclic) bond motifs is 1. The van der Waals surface area contributed by atoms with Crippen LogP contribution in [-0.4, -0.2) is 26.0 Å². The van der Waals surface area contributed by atoms with Crippen molar-refractivity contribution in [3.05, 3.63) is 29.8 Å². The predicted octanol–water partition coefficient (Wildman–Crippen LogP) is 2.31. The quantitative estimate of drug-likeness (QED) is 0.899. The average Bonchev–Trinajstić information content (AvgIpc) is 3.19. The van der Waals surface area contributed by atoms with Crippen LogP contribution < -0.4 is 10.2 Å². The summed E-state index contributed by atoms with van der Waals surface area (Å²) in [6, 6.07) is 8.61. The molecule has 1 aromatic rings. The lowest BCUT2D eigenvalue weighted by molar-refractivity contribution is -0.122. The molecule has 1 N–H and O–H groups in total. The van der Waals surface area contributed by atoms with E-state index in [1.807, 2.05) is 0 Å². The Morgan fingerprint density at radius 3 is 2.89 bits per heavy atom. The second-order valence-electron chi connectivity index (χ2n) is 6.25. The smallest absolute Gasteiger partial charge is 0.223 e. The summed E-state index contributed by atoms with van der Waals surface area (Å²) in [5.74, 6) is 0.564. The first-order valence-corrected chi connectivity index (χ1v) is 7.18. The van der Waals surface area contributed by atoms with Gasteiger partial charge in [-0.2, -0.15) is 0 Å². The van der Waals surface area contributed by atoms with Crippen LogP contribution in [0.25, 0.3) is 0 Å². The molecule has 1 heterocycles.